The van der Waals surface area contributed by atoms with Gasteiger partial charge in [0.2, 0.25) is 11.8 Å². The van der Waals surface area contributed by atoms with Crippen LogP contribution in [-0.4, -0.2) is 61.8 Å². The molecule has 0 radical (unpaired) electrons. The maximum atomic E-state index is 13.2. The first-order valence-electron chi connectivity index (χ1n) is 11.4. The minimum absolute atomic E-state index is 0.280. The van der Waals surface area contributed by atoms with Gasteiger partial charge in [0.15, 0.2) is 0 Å². The zero-order valence-corrected chi connectivity index (χ0v) is 18.8. The summed E-state index contributed by atoms with van der Waals surface area (Å²) in [5, 5.41) is 18.0. The van der Waals surface area contributed by atoms with Crippen molar-refractivity contribution < 1.29 is 24.3 Å². The molecule has 0 aliphatic carbocycles. The monoisotopic (exact) mass is 448 g/mol. The summed E-state index contributed by atoms with van der Waals surface area (Å²) in [6.07, 6.45) is 3.41. The Hall–Kier alpha value is -2.49. The van der Waals surface area contributed by atoms with Crippen LogP contribution in [0.15, 0.2) is 30.3 Å². The number of hydroxylamine groups is 1. The van der Waals surface area contributed by atoms with Gasteiger partial charge >= 0.3 is 0 Å². The smallest absolute Gasteiger partial charge is 0.273 e. The van der Waals surface area contributed by atoms with Crippen molar-refractivity contribution in [2.24, 2.45) is 5.92 Å². The molecule has 1 heterocycles. The fourth-order valence-corrected chi connectivity index (χ4v) is 3.87. The molecule has 0 spiro atoms. The molecule has 9 nitrogen and oxygen atoms in total. The largest absolute Gasteiger partial charge is 0.367 e. The highest BCUT2D eigenvalue weighted by Crippen LogP contribution is 2.19. The molecular weight excluding hydrogens is 412 g/mol. The quantitative estimate of drug-likeness (QED) is 0.325. The number of hydrogen-bond acceptors (Lipinski definition) is 6. The van der Waals surface area contributed by atoms with Crippen molar-refractivity contribution in [3.8, 4) is 0 Å². The zero-order valence-electron chi connectivity index (χ0n) is 18.8. The van der Waals surface area contributed by atoms with E-state index < -0.39 is 29.9 Å². The van der Waals surface area contributed by atoms with E-state index in [1.54, 1.807) is 5.48 Å². The standard InChI is InChI=1S/C23H36N4O5/c1-24-22(29)19-13-8-15-25-14-5-6-16-32-20(23(30)27-31)18(21(28)26-19)12-7-11-17-9-3-2-4-10-17/h2-4,9-10,18-20,25,31H,5-8,11-16H2,1H3,(H,24,29)(H,26,28)(H,27,30)/t18-,19+,20+/m1/s1. The molecule has 1 fully saturated rings. The van der Waals surface area contributed by atoms with Gasteiger partial charge in [-0.05, 0) is 63.6 Å². The first-order valence-corrected chi connectivity index (χ1v) is 11.4. The molecule has 2 rings (SSSR count). The molecule has 1 aromatic carbocycles. The highest BCUT2D eigenvalue weighted by Gasteiger charge is 2.36. The second-order valence-electron chi connectivity index (χ2n) is 8.03. The Morgan fingerprint density at radius 1 is 1.12 bits per heavy atom. The highest BCUT2D eigenvalue weighted by atomic mass is 16.5. The molecule has 1 aromatic rings. The van der Waals surface area contributed by atoms with E-state index in [1.807, 2.05) is 30.3 Å². The van der Waals surface area contributed by atoms with Crippen LogP contribution in [0.3, 0.4) is 0 Å². The van der Waals surface area contributed by atoms with Gasteiger partial charge in [-0.15, -0.1) is 0 Å². The number of hydrogen-bond donors (Lipinski definition) is 5. The average Bonchev–Trinajstić information content (AvgIpc) is 2.82. The van der Waals surface area contributed by atoms with Gasteiger partial charge < -0.3 is 20.7 Å². The van der Waals surface area contributed by atoms with Crippen LogP contribution in [0.25, 0.3) is 0 Å². The van der Waals surface area contributed by atoms with Crippen molar-refractivity contribution in [3.05, 3.63) is 35.9 Å². The van der Waals surface area contributed by atoms with Crippen molar-refractivity contribution in [2.45, 2.75) is 57.1 Å². The molecule has 178 valence electrons. The molecule has 32 heavy (non-hydrogen) atoms. The minimum atomic E-state index is -1.14. The Balaban J connectivity index is 2.19. The van der Waals surface area contributed by atoms with E-state index in [0.29, 0.717) is 25.9 Å². The van der Waals surface area contributed by atoms with Crippen LogP contribution in [0.2, 0.25) is 0 Å². The van der Waals surface area contributed by atoms with Gasteiger partial charge in [0.05, 0.1) is 5.92 Å². The molecule has 1 aliphatic heterocycles. The Bertz CT molecular complexity index is 716. The summed E-state index contributed by atoms with van der Waals surface area (Å²) in [6, 6.07) is 9.18. The Labute approximate surface area is 189 Å². The maximum Gasteiger partial charge on any atom is 0.273 e. The summed E-state index contributed by atoms with van der Waals surface area (Å²) < 4.78 is 5.79. The number of nitrogens with one attached hydrogen (secondary N) is 4. The lowest BCUT2D eigenvalue weighted by Gasteiger charge is -2.27. The molecule has 0 aromatic heterocycles. The van der Waals surface area contributed by atoms with Crippen LogP contribution in [0.4, 0.5) is 0 Å². The fraction of sp³-hybridized carbons (Fsp3) is 0.609. The van der Waals surface area contributed by atoms with E-state index in [-0.39, 0.29) is 5.91 Å². The van der Waals surface area contributed by atoms with Gasteiger partial charge in [-0.1, -0.05) is 30.3 Å². The molecule has 1 aliphatic rings. The van der Waals surface area contributed by atoms with Crippen molar-refractivity contribution in [1.82, 2.24) is 21.4 Å². The van der Waals surface area contributed by atoms with E-state index in [1.165, 1.54) is 7.05 Å². The molecule has 5 N–H and O–H groups in total. The van der Waals surface area contributed by atoms with E-state index in [2.05, 4.69) is 16.0 Å². The van der Waals surface area contributed by atoms with E-state index >= 15 is 0 Å². The number of benzene rings is 1. The number of amides is 3. The predicted molar refractivity (Wildman–Crippen MR) is 120 cm³/mol. The Kier molecular flexibility index (Phi) is 11.7. The summed E-state index contributed by atoms with van der Waals surface area (Å²) in [7, 11) is 1.53. The third-order valence-electron chi connectivity index (χ3n) is 5.67. The van der Waals surface area contributed by atoms with Crippen molar-refractivity contribution in [1.29, 1.82) is 0 Å². The third kappa shape index (κ3) is 8.57. The molecule has 0 unspecified atom stereocenters. The fourth-order valence-electron chi connectivity index (χ4n) is 3.87. The first kappa shape index (κ1) is 25.8. The number of carbonyl (C=O) groups is 3. The van der Waals surface area contributed by atoms with Gasteiger partial charge in [-0.25, -0.2) is 5.48 Å². The molecule has 1 saturated heterocycles. The van der Waals surface area contributed by atoms with Crippen LogP contribution >= 0.6 is 0 Å². The van der Waals surface area contributed by atoms with Gasteiger partial charge in [0.25, 0.3) is 5.91 Å². The van der Waals surface area contributed by atoms with Gasteiger partial charge in [-0.2, -0.15) is 0 Å². The van der Waals surface area contributed by atoms with Crippen LogP contribution in [0.5, 0.6) is 0 Å². The molecule has 9 heteroatoms. The van der Waals surface area contributed by atoms with Gasteiger partial charge in [0.1, 0.15) is 12.1 Å². The number of ether oxygens (including phenoxy) is 1. The summed E-state index contributed by atoms with van der Waals surface area (Å²) in [6.45, 7) is 1.85. The van der Waals surface area contributed by atoms with Gasteiger partial charge in [-0.3, -0.25) is 19.6 Å². The van der Waals surface area contributed by atoms with Gasteiger partial charge in [0, 0.05) is 13.7 Å². The minimum Gasteiger partial charge on any atom is -0.367 e. The molecule has 3 amide bonds. The zero-order chi connectivity index (χ0) is 23.2. The van der Waals surface area contributed by atoms with Crippen molar-refractivity contribution in [2.75, 3.05) is 26.7 Å². The summed E-state index contributed by atoms with van der Waals surface area (Å²) in [4.78, 5) is 38.0. The van der Waals surface area contributed by atoms with Crippen LogP contribution in [-0.2, 0) is 25.5 Å². The molecule has 0 saturated carbocycles. The van der Waals surface area contributed by atoms with Crippen LogP contribution in [0, 0.1) is 5.92 Å². The van der Waals surface area contributed by atoms with Crippen LogP contribution < -0.4 is 21.4 Å². The van der Waals surface area contributed by atoms with E-state index in [0.717, 1.165) is 44.3 Å². The lowest BCUT2D eigenvalue weighted by Crippen LogP contribution is -2.52. The second-order valence-corrected chi connectivity index (χ2v) is 8.03. The Morgan fingerprint density at radius 2 is 1.88 bits per heavy atom. The summed E-state index contributed by atoms with van der Waals surface area (Å²) >= 11 is 0. The summed E-state index contributed by atoms with van der Waals surface area (Å²) in [5.41, 5.74) is 2.77. The third-order valence-corrected chi connectivity index (χ3v) is 5.67. The maximum absolute atomic E-state index is 13.2. The second kappa shape index (κ2) is 14.5. The van der Waals surface area contributed by atoms with E-state index in [4.69, 9.17) is 4.74 Å². The summed E-state index contributed by atoms with van der Waals surface area (Å²) in [5.74, 6) is -2.30. The number of aryl methyl sites for hydroxylation is 1. The van der Waals surface area contributed by atoms with Crippen molar-refractivity contribution in [3.63, 3.8) is 0 Å². The van der Waals surface area contributed by atoms with E-state index in [9.17, 15) is 19.6 Å². The first-order chi connectivity index (χ1) is 15.6. The lowest BCUT2D eigenvalue weighted by molar-refractivity contribution is -0.151. The molecular formula is C23H36N4O5. The van der Waals surface area contributed by atoms with Crippen LogP contribution in [0.1, 0.15) is 44.1 Å². The Morgan fingerprint density at radius 3 is 2.59 bits per heavy atom. The topological polar surface area (TPSA) is 129 Å². The predicted octanol–water partition coefficient (Wildman–Crippen LogP) is 0.911. The number of carbonyl (C=O) groups excluding carboxylic acids is 3. The molecule has 3 atom stereocenters. The SMILES string of the molecule is CNC(=O)[C@@H]1CCCNCCCCO[C@H](C(=O)NO)[C@@H](CCCc2ccccc2)C(=O)N1. The lowest BCUT2D eigenvalue weighted by atomic mass is 9.92. The average molecular weight is 449 g/mol. The number of likely N-dealkylation sites (N-methyl/N-ethyl adjacent to an activating group) is 1. The van der Waals surface area contributed by atoms with Crippen molar-refractivity contribution >= 4 is 17.7 Å². The highest BCUT2D eigenvalue weighted by molar-refractivity contribution is 5.92. The normalized spacial score (nSPS) is 23.4. The number of rotatable bonds is 6. The molecule has 0 bridgehead atoms.